The molecule has 2 rings (SSSR count). The van der Waals surface area contributed by atoms with Crippen molar-refractivity contribution in [3.63, 3.8) is 0 Å². The molecule has 1 aromatic carbocycles. The lowest BCUT2D eigenvalue weighted by molar-refractivity contribution is -0.00941. The second-order valence-electron chi connectivity index (χ2n) is 6.12. The van der Waals surface area contributed by atoms with Crippen molar-refractivity contribution in [1.82, 2.24) is 0 Å². The SMILES string of the molecule is CCOC(C)(C)C/C(C)=C/COCc1ccc2c(c1)OCO2. The molecule has 4 heteroatoms. The smallest absolute Gasteiger partial charge is 0.231 e. The lowest BCUT2D eigenvalue weighted by Gasteiger charge is -2.25. The average molecular weight is 306 g/mol. The summed E-state index contributed by atoms with van der Waals surface area (Å²) in [6, 6.07) is 5.89. The zero-order valence-electron chi connectivity index (χ0n) is 14.0. The van der Waals surface area contributed by atoms with Gasteiger partial charge >= 0.3 is 0 Å². The molecule has 0 spiro atoms. The largest absolute Gasteiger partial charge is 0.454 e. The summed E-state index contributed by atoms with van der Waals surface area (Å²) in [5.74, 6) is 1.60. The lowest BCUT2D eigenvalue weighted by atomic mass is 9.99. The minimum absolute atomic E-state index is 0.118. The van der Waals surface area contributed by atoms with Gasteiger partial charge in [0.1, 0.15) is 0 Å². The number of hydrogen-bond acceptors (Lipinski definition) is 4. The van der Waals surface area contributed by atoms with Crippen LogP contribution in [0.15, 0.2) is 29.8 Å². The second kappa shape index (κ2) is 7.65. The number of rotatable bonds is 8. The van der Waals surface area contributed by atoms with Gasteiger partial charge in [0.05, 0.1) is 18.8 Å². The Hall–Kier alpha value is -1.52. The summed E-state index contributed by atoms with van der Waals surface area (Å²) in [5, 5.41) is 0. The molecule has 0 fully saturated rings. The fourth-order valence-corrected chi connectivity index (χ4v) is 2.59. The van der Waals surface area contributed by atoms with Gasteiger partial charge in [0.25, 0.3) is 0 Å². The summed E-state index contributed by atoms with van der Waals surface area (Å²) >= 11 is 0. The molecule has 4 nitrogen and oxygen atoms in total. The van der Waals surface area contributed by atoms with Gasteiger partial charge < -0.3 is 18.9 Å². The van der Waals surface area contributed by atoms with E-state index < -0.39 is 0 Å². The van der Waals surface area contributed by atoms with E-state index in [1.54, 1.807) is 0 Å². The van der Waals surface area contributed by atoms with Crippen molar-refractivity contribution in [3.05, 3.63) is 35.4 Å². The molecule has 0 saturated carbocycles. The van der Waals surface area contributed by atoms with Crippen molar-refractivity contribution < 1.29 is 18.9 Å². The molecular formula is C18H26O4. The molecule has 0 aromatic heterocycles. The van der Waals surface area contributed by atoms with Crippen LogP contribution in [0.5, 0.6) is 11.5 Å². The van der Waals surface area contributed by atoms with Crippen molar-refractivity contribution in [2.24, 2.45) is 0 Å². The molecule has 0 amide bonds. The Morgan fingerprint density at radius 2 is 2.05 bits per heavy atom. The van der Waals surface area contributed by atoms with E-state index in [9.17, 15) is 0 Å². The normalized spacial score (nSPS) is 14.5. The number of benzene rings is 1. The van der Waals surface area contributed by atoms with Gasteiger partial charge in [-0.3, -0.25) is 0 Å². The van der Waals surface area contributed by atoms with Crippen LogP contribution in [0.25, 0.3) is 0 Å². The highest BCUT2D eigenvalue weighted by atomic mass is 16.7. The summed E-state index contributed by atoms with van der Waals surface area (Å²) in [4.78, 5) is 0. The van der Waals surface area contributed by atoms with Crippen molar-refractivity contribution in [3.8, 4) is 11.5 Å². The summed E-state index contributed by atoms with van der Waals surface area (Å²) in [6.07, 6.45) is 3.03. The fraction of sp³-hybridized carbons (Fsp3) is 0.556. The van der Waals surface area contributed by atoms with Crippen LogP contribution >= 0.6 is 0 Å². The van der Waals surface area contributed by atoms with Gasteiger partial charge in [-0.2, -0.15) is 0 Å². The molecule has 1 aromatic rings. The van der Waals surface area contributed by atoms with E-state index >= 15 is 0 Å². The van der Waals surface area contributed by atoms with Crippen LogP contribution in [0.2, 0.25) is 0 Å². The molecule has 0 N–H and O–H groups in total. The van der Waals surface area contributed by atoms with E-state index in [4.69, 9.17) is 18.9 Å². The summed E-state index contributed by atoms with van der Waals surface area (Å²) in [7, 11) is 0. The quantitative estimate of drug-likeness (QED) is 0.535. The second-order valence-corrected chi connectivity index (χ2v) is 6.12. The maximum Gasteiger partial charge on any atom is 0.231 e. The minimum atomic E-state index is -0.118. The van der Waals surface area contributed by atoms with E-state index in [2.05, 4.69) is 26.8 Å². The van der Waals surface area contributed by atoms with Crippen LogP contribution in [-0.2, 0) is 16.1 Å². The summed E-state index contributed by atoms with van der Waals surface area (Å²) in [5.41, 5.74) is 2.25. The van der Waals surface area contributed by atoms with E-state index in [1.165, 1.54) is 5.57 Å². The van der Waals surface area contributed by atoms with Crippen LogP contribution < -0.4 is 9.47 Å². The zero-order valence-corrected chi connectivity index (χ0v) is 14.0. The highest BCUT2D eigenvalue weighted by molar-refractivity contribution is 5.44. The molecule has 22 heavy (non-hydrogen) atoms. The van der Waals surface area contributed by atoms with Crippen molar-refractivity contribution in [1.29, 1.82) is 0 Å². The molecule has 1 aliphatic heterocycles. The molecule has 0 bridgehead atoms. The summed E-state index contributed by atoms with van der Waals surface area (Å²) < 4.78 is 22.1. The van der Waals surface area contributed by atoms with Crippen LogP contribution in [-0.4, -0.2) is 25.6 Å². The fourth-order valence-electron chi connectivity index (χ4n) is 2.59. The predicted molar refractivity (Wildman–Crippen MR) is 86.3 cm³/mol. The van der Waals surface area contributed by atoms with Crippen LogP contribution in [0.3, 0.4) is 0 Å². The molecule has 0 saturated heterocycles. The third kappa shape index (κ3) is 5.04. The molecule has 1 aliphatic rings. The Morgan fingerprint density at radius 3 is 2.82 bits per heavy atom. The molecule has 1 heterocycles. The van der Waals surface area contributed by atoms with Crippen molar-refractivity contribution >= 4 is 0 Å². The molecule has 0 unspecified atom stereocenters. The maximum atomic E-state index is 5.71. The molecule has 0 aliphatic carbocycles. The first-order valence-electron chi connectivity index (χ1n) is 7.76. The van der Waals surface area contributed by atoms with Gasteiger partial charge in [-0.15, -0.1) is 0 Å². The Bertz CT molecular complexity index is 520. The lowest BCUT2D eigenvalue weighted by Crippen LogP contribution is -2.24. The van der Waals surface area contributed by atoms with Gasteiger partial charge in [0.15, 0.2) is 11.5 Å². The topological polar surface area (TPSA) is 36.9 Å². The van der Waals surface area contributed by atoms with Gasteiger partial charge in [0, 0.05) is 6.61 Å². The van der Waals surface area contributed by atoms with Crippen molar-refractivity contribution in [2.45, 2.75) is 46.3 Å². The first-order chi connectivity index (χ1) is 10.5. The Morgan fingerprint density at radius 1 is 1.27 bits per heavy atom. The average Bonchev–Trinajstić information content (AvgIpc) is 2.90. The molecular weight excluding hydrogens is 280 g/mol. The van der Waals surface area contributed by atoms with Gasteiger partial charge in [-0.25, -0.2) is 0 Å². The first-order valence-corrected chi connectivity index (χ1v) is 7.76. The third-order valence-corrected chi connectivity index (χ3v) is 3.49. The monoisotopic (exact) mass is 306 g/mol. The number of fused-ring (bicyclic) bond motifs is 1. The van der Waals surface area contributed by atoms with Gasteiger partial charge in [-0.05, 0) is 51.8 Å². The van der Waals surface area contributed by atoms with Crippen LogP contribution in [0.1, 0.15) is 39.7 Å². The first kappa shape index (κ1) is 16.8. The summed E-state index contributed by atoms with van der Waals surface area (Å²) in [6.45, 7) is 10.6. The predicted octanol–water partition coefficient (Wildman–Crippen LogP) is 4.08. The Kier molecular flexibility index (Phi) is 5.86. The minimum Gasteiger partial charge on any atom is -0.454 e. The number of hydrogen-bond donors (Lipinski definition) is 0. The van der Waals surface area contributed by atoms with E-state index in [0.717, 1.165) is 30.1 Å². The standard InChI is InChI=1S/C18H26O4/c1-5-22-18(3,4)11-14(2)8-9-19-12-15-6-7-16-17(10-15)21-13-20-16/h6-8,10H,5,9,11-13H2,1-4H3/b14-8+. The highest BCUT2D eigenvalue weighted by Gasteiger charge is 2.17. The molecule has 0 atom stereocenters. The highest BCUT2D eigenvalue weighted by Crippen LogP contribution is 2.32. The Balaban J connectivity index is 1.75. The van der Waals surface area contributed by atoms with E-state index in [0.29, 0.717) is 20.0 Å². The maximum absolute atomic E-state index is 5.71. The number of ether oxygens (including phenoxy) is 4. The zero-order chi connectivity index (χ0) is 16.0. The van der Waals surface area contributed by atoms with E-state index in [-0.39, 0.29) is 5.60 Å². The van der Waals surface area contributed by atoms with Gasteiger partial charge in [-0.1, -0.05) is 17.7 Å². The molecule has 0 radical (unpaired) electrons. The van der Waals surface area contributed by atoms with E-state index in [1.807, 2.05) is 25.1 Å². The third-order valence-electron chi connectivity index (χ3n) is 3.49. The van der Waals surface area contributed by atoms with Crippen molar-refractivity contribution in [2.75, 3.05) is 20.0 Å². The van der Waals surface area contributed by atoms with Gasteiger partial charge in [0.2, 0.25) is 6.79 Å². The van der Waals surface area contributed by atoms with Crippen LogP contribution in [0.4, 0.5) is 0 Å². The molecule has 122 valence electrons. The van der Waals surface area contributed by atoms with Crippen LogP contribution in [0, 0.1) is 0 Å². The Labute approximate surface area is 133 Å².